The van der Waals surface area contributed by atoms with Crippen molar-refractivity contribution in [2.24, 2.45) is 0 Å². The van der Waals surface area contributed by atoms with Crippen LogP contribution in [-0.2, 0) is 20.9 Å². The molecule has 0 saturated heterocycles. The van der Waals surface area contributed by atoms with Gasteiger partial charge in [-0.1, -0.05) is 0 Å². The van der Waals surface area contributed by atoms with E-state index in [1.807, 2.05) is 0 Å². The van der Waals surface area contributed by atoms with Gasteiger partial charge in [-0.15, -0.1) is 0 Å². The zero-order valence-corrected chi connectivity index (χ0v) is 21.4. The summed E-state index contributed by atoms with van der Waals surface area (Å²) in [7, 11) is 0. The van der Waals surface area contributed by atoms with E-state index in [2.05, 4.69) is 111 Å². The summed E-state index contributed by atoms with van der Waals surface area (Å²) in [5, 5.41) is 3.27. The normalized spacial score (nSPS) is 19.7. The molecule has 0 spiro atoms. The van der Waals surface area contributed by atoms with Gasteiger partial charge in [0.15, 0.2) is 0 Å². The number of benzene rings is 2. The van der Waals surface area contributed by atoms with Crippen molar-refractivity contribution in [2.75, 3.05) is 0 Å². The number of halogens is 2. The summed E-state index contributed by atoms with van der Waals surface area (Å²) in [4.78, 5) is 0. The van der Waals surface area contributed by atoms with E-state index in [9.17, 15) is 0 Å². The molecule has 2 unspecified atom stereocenters. The molecular formula is C24H25Cl2SiZr. The Bertz CT molecular complexity index is 814. The fourth-order valence-corrected chi connectivity index (χ4v) is 31.3. The van der Waals surface area contributed by atoms with Crippen molar-refractivity contribution >= 4 is 16.3 Å². The standard InChI is InChI=1S/C12H11Si.2C6H7.2ClH.Zr/c1-3-7-11(8-4-1)13-12-9-5-2-6-10-12;2*1-6-4-2-3-5-6;;;/h1-10,13H;2*2-5H,1H3;2*1H;/q;;;;;+2/p-2. The first-order chi connectivity index (χ1) is 12.8. The minimum atomic E-state index is -1.95. The van der Waals surface area contributed by atoms with Gasteiger partial charge in [-0.05, 0) is 0 Å². The van der Waals surface area contributed by atoms with Crippen LogP contribution in [0.1, 0.15) is 13.8 Å². The van der Waals surface area contributed by atoms with E-state index >= 15 is 0 Å². The predicted octanol–water partition coefficient (Wildman–Crippen LogP) is -1.24. The summed E-state index contributed by atoms with van der Waals surface area (Å²) in [6, 6.07) is 22.9. The van der Waals surface area contributed by atoms with Crippen LogP contribution in [0.25, 0.3) is 0 Å². The SMILES string of the molecule is CC1=CC=C[CH]1[Zr+2]([CH]1C=CC=C1C)[SiH](c1ccccc1)c1ccccc1.[Cl-].[Cl-]. The maximum absolute atomic E-state index is 2.52. The molecule has 0 bridgehead atoms. The first-order valence-electron chi connectivity index (χ1n) is 9.42. The Labute approximate surface area is 190 Å². The van der Waals surface area contributed by atoms with Gasteiger partial charge in [0.25, 0.3) is 0 Å². The molecule has 2 aliphatic rings. The van der Waals surface area contributed by atoms with E-state index in [-0.39, 0.29) is 24.8 Å². The molecule has 0 saturated carbocycles. The third-order valence-electron chi connectivity index (χ3n) is 5.62. The van der Waals surface area contributed by atoms with Gasteiger partial charge in [-0.25, -0.2) is 0 Å². The van der Waals surface area contributed by atoms with Gasteiger partial charge in [-0.3, -0.25) is 0 Å². The molecule has 0 amide bonds. The zero-order valence-electron chi connectivity index (χ0n) is 16.2. The van der Waals surface area contributed by atoms with Crippen molar-refractivity contribution < 1.29 is 45.7 Å². The second kappa shape index (κ2) is 10.7. The second-order valence-corrected chi connectivity index (χ2v) is 23.2. The smallest absolute Gasteiger partial charge is 1.00 e. The summed E-state index contributed by atoms with van der Waals surface area (Å²) in [5.41, 5.74) is 3.19. The molecule has 0 nitrogen and oxygen atoms in total. The number of allylic oxidation sites excluding steroid dienone is 8. The van der Waals surface area contributed by atoms with Gasteiger partial charge >= 0.3 is 167 Å². The Kier molecular flexibility index (Phi) is 8.96. The summed E-state index contributed by atoms with van der Waals surface area (Å²) < 4.78 is 1.45. The van der Waals surface area contributed by atoms with Gasteiger partial charge in [0.1, 0.15) is 0 Å². The minimum absolute atomic E-state index is 0. The summed E-state index contributed by atoms with van der Waals surface area (Å²) in [6.07, 6.45) is 14.4. The van der Waals surface area contributed by atoms with E-state index in [1.54, 1.807) is 21.5 Å². The summed E-state index contributed by atoms with van der Waals surface area (Å²) >= 11 is -1.95. The van der Waals surface area contributed by atoms with Gasteiger partial charge < -0.3 is 24.8 Å². The van der Waals surface area contributed by atoms with Crippen molar-refractivity contribution in [1.29, 1.82) is 0 Å². The van der Waals surface area contributed by atoms with Crippen LogP contribution in [0.5, 0.6) is 0 Å². The predicted molar refractivity (Wildman–Crippen MR) is 113 cm³/mol. The average Bonchev–Trinajstić information content (AvgIpc) is 3.29. The molecule has 0 aromatic heterocycles. The molecule has 0 heterocycles. The van der Waals surface area contributed by atoms with E-state index in [0.29, 0.717) is 0 Å². The topological polar surface area (TPSA) is 0 Å². The van der Waals surface area contributed by atoms with Crippen molar-refractivity contribution in [2.45, 2.75) is 21.1 Å². The molecule has 2 aromatic carbocycles. The van der Waals surface area contributed by atoms with Crippen molar-refractivity contribution in [3.05, 3.63) is 108 Å². The van der Waals surface area contributed by atoms with Gasteiger partial charge in [0.05, 0.1) is 0 Å². The third-order valence-corrected chi connectivity index (χ3v) is 29.2. The number of rotatable bonds is 5. The maximum atomic E-state index is 2.52. The Morgan fingerprint density at radius 2 is 1.04 bits per heavy atom. The molecule has 0 fully saturated rings. The molecule has 0 aliphatic heterocycles. The van der Waals surface area contributed by atoms with E-state index in [0.717, 1.165) is 7.25 Å². The van der Waals surface area contributed by atoms with Crippen LogP contribution in [-0.4, -0.2) is 5.92 Å². The minimum Gasteiger partial charge on any atom is -1.00 e. The molecular weight excluding hydrogens is 478 g/mol. The Balaban J connectivity index is 0.00000140. The first kappa shape index (κ1) is 23.4. The largest absolute Gasteiger partial charge is 1.00 e. The van der Waals surface area contributed by atoms with Crippen molar-refractivity contribution in [3.63, 3.8) is 0 Å². The molecule has 143 valence electrons. The summed E-state index contributed by atoms with van der Waals surface area (Å²) in [6.45, 7) is 4.70. The molecule has 2 atom stereocenters. The van der Waals surface area contributed by atoms with Crippen molar-refractivity contribution in [3.8, 4) is 0 Å². The number of hydrogen-bond acceptors (Lipinski definition) is 0. The summed E-state index contributed by atoms with van der Waals surface area (Å²) in [5.74, 6) is -1.24. The van der Waals surface area contributed by atoms with E-state index < -0.39 is 26.8 Å². The van der Waals surface area contributed by atoms with Crippen LogP contribution in [0.3, 0.4) is 0 Å². The molecule has 2 aromatic rings. The number of hydrogen-bond donors (Lipinski definition) is 0. The first-order valence-corrected chi connectivity index (χ1v) is 18.2. The Morgan fingerprint density at radius 3 is 1.36 bits per heavy atom. The molecule has 2 aliphatic carbocycles. The average molecular weight is 504 g/mol. The fraction of sp³-hybridized carbons (Fsp3) is 0.167. The molecule has 0 N–H and O–H groups in total. The second-order valence-electron chi connectivity index (χ2n) is 7.30. The van der Waals surface area contributed by atoms with Crippen LogP contribution < -0.4 is 35.2 Å². The van der Waals surface area contributed by atoms with Gasteiger partial charge in [0.2, 0.25) is 0 Å². The van der Waals surface area contributed by atoms with Crippen LogP contribution in [0.2, 0.25) is 7.25 Å². The quantitative estimate of drug-likeness (QED) is 0.448. The fourth-order valence-electron chi connectivity index (χ4n) is 4.32. The Hall–Kier alpha value is -0.920. The maximum Gasteiger partial charge on any atom is -1.00 e. The van der Waals surface area contributed by atoms with Crippen LogP contribution >= 0.6 is 0 Å². The third kappa shape index (κ3) is 4.79. The van der Waals surface area contributed by atoms with Crippen LogP contribution in [0, 0.1) is 0 Å². The molecule has 0 radical (unpaired) electrons. The monoisotopic (exact) mass is 501 g/mol. The van der Waals surface area contributed by atoms with Gasteiger partial charge in [-0.2, -0.15) is 0 Å². The zero-order chi connectivity index (χ0) is 17.9. The van der Waals surface area contributed by atoms with Crippen LogP contribution in [0.4, 0.5) is 0 Å². The molecule has 4 rings (SSSR count). The molecule has 28 heavy (non-hydrogen) atoms. The Morgan fingerprint density at radius 1 is 0.643 bits per heavy atom. The van der Waals surface area contributed by atoms with Crippen molar-refractivity contribution in [1.82, 2.24) is 0 Å². The van der Waals surface area contributed by atoms with E-state index in [4.69, 9.17) is 0 Å². The van der Waals surface area contributed by atoms with Gasteiger partial charge in [0, 0.05) is 0 Å². The van der Waals surface area contributed by atoms with E-state index in [1.165, 1.54) is 0 Å². The van der Waals surface area contributed by atoms with Crippen LogP contribution in [0.15, 0.2) is 108 Å². The molecule has 4 heteroatoms.